The van der Waals surface area contributed by atoms with E-state index in [0.29, 0.717) is 6.42 Å². The number of aliphatic hydroxyl groups excluding tert-OH is 2. The van der Waals surface area contributed by atoms with Gasteiger partial charge in [0, 0.05) is 7.05 Å². The number of hydrogen-bond acceptors (Lipinski definition) is 9. The van der Waals surface area contributed by atoms with Crippen LogP contribution in [0.4, 0.5) is 14.4 Å². The van der Waals surface area contributed by atoms with Crippen molar-refractivity contribution in [2.24, 2.45) is 0 Å². The lowest BCUT2D eigenvalue weighted by molar-refractivity contribution is -0.773. The summed E-state index contributed by atoms with van der Waals surface area (Å²) in [6.45, 7) is 4.10. The maximum Gasteiger partial charge on any atom is 0.436 e. The fourth-order valence-electron chi connectivity index (χ4n) is 3.53. The molecule has 2 unspecified atom stereocenters. The summed E-state index contributed by atoms with van der Waals surface area (Å²) in [5.74, 6) is -1.57. The lowest BCUT2D eigenvalue weighted by atomic mass is 10.1. The van der Waals surface area contributed by atoms with Gasteiger partial charge in [-0.3, -0.25) is 0 Å². The van der Waals surface area contributed by atoms with Gasteiger partial charge in [-0.1, -0.05) is 13.0 Å². The average Bonchev–Trinajstić information content (AvgIpc) is 2.87. The van der Waals surface area contributed by atoms with Crippen LogP contribution in [0, 0.1) is 0 Å². The summed E-state index contributed by atoms with van der Waals surface area (Å²) >= 11 is 0. The third-order valence-electron chi connectivity index (χ3n) is 5.86. The Labute approximate surface area is 203 Å². The van der Waals surface area contributed by atoms with Crippen LogP contribution >= 0.6 is 0 Å². The van der Waals surface area contributed by atoms with Crippen molar-refractivity contribution in [3.63, 3.8) is 0 Å². The molecule has 1 aliphatic rings. The van der Waals surface area contributed by atoms with Gasteiger partial charge >= 0.3 is 30.0 Å². The number of nitrogens with zero attached hydrogens (tertiary/aromatic N) is 3. The monoisotopic (exact) mass is 494 g/mol. The zero-order chi connectivity index (χ0) is 26.3. The zero-order valence-corrected chi connectivity index (χ0v) is 20.3. The molecule has 0 radical (unpaired) electrons. The number of ether oxygens (including phenoxy) is 2. The van der Waals surface area contributed by atoms with Crippen molar-refractivity contribution in [3.05, 3.63) is 35.4 Å². The Balaban J connectivity index is 2.01. The molecular formula is C23H32N3O9+. The molecule has 2 atom stereocenters. The highest BCUT2D eigenvalue weighted by Gasteiger charge is 2.55. The molecule has 1 saturated heterocycles. The summed E-state index contributed by atoms with van der Waals surface area (Å²) in [5, 5.41) is 19.9. The molecule has 1 fully saturated rings. The van der Waals surface area contributed by atoms with Crippen LogP contribution in [0.3, 0.4) is 0 Å². The summed E-state index contributed by atoms with van der Waals surface area (Å²) in [7, 11) is 1.26. The smallest absolute Gasteiger partial charge is 0.436 e. The number of aliphatic hydroxyl groups is 2. The zero-order valence-electron chi connectivity index (χ0n) is 20.3. The molecule has 12 heteroatoms. The van der Waals surface area contributed by atoms with Crippen LogP contribution < -0.4 is 0 Å². The largest absolute Gasteiger partial charge is 0.459 e. The molecule has 1 aromatic rings. The molecule has 0 aliphatic carbocycles. The molecule has 0 aromatic heterocycles. The predicted octanol–water partition coefficient (Wildman–Crippen LogP) is 1.60. The molecule has 0 bridgehead atoms. The molecule has 192 valence electrons. The van der Waals surface area contributed by atoms with Crippen molar-refractivity contribution in [1.29, 1.82) is 0 Å². The van der Waals surface area contributed by atoms with E-state index < -0.39 is 59.9 Å². The van der Waals surface area contributed by atoms with Crippen LogP contribution in [-0.2, 0) is 9.47 Å². The van der Waals surface area contributed by atoms with Gasteiger partial charge in [0.25, 0.3) is 0 Å². The van der Waals surface area contributed by atoms with Crippen molar-refractivity contribution >= 4 is 30.0 Å². The van der Waals surface area contributed by atoms with Crippen molar-refractivity contribution in [2.75, 3.05) is 39.9 Å². The first-order valence-corrected chi connectivity index (χ1v) is 11.3. The number of benzene rings is 1. The average molecular weight is 495 g/mol. The lowest BCUT2D eigenvalue weighted by Crippen LogP contribution is -2.73. The van der Waals surface area contributed by atoms with Gasteiger partial charge in [0.1, 0.15) is 19.3 Å². The Morgan fingerprint density at radius 2 is 1.43 bits per heavy atom. The number of carbonyl (C=O) groups is 5. The first kappa shape index (κ1) is 27.9. The fourth-order valence-corrected chi connectivity index (χ4v) is 3.53. The van der Waals surface area contributed by atoms with E-state index >= 15 is 0 Å². The Morgan fingerprint density at radius 3 is 1.91 bits per heavy atom. The summed E-state index contributed by atoms with van der Waals surface area (Å²) in [6.07, 6.45) is -1.78. The van der Waals surface area contributed by atoms with Crippen molar-refractivity contribution in [2.45, 2.75) is 39.4 Å². The van der Waals surface area contributed by atoms with Crippen LogP contribution in [-0.4, -0.2) is 107 Å². The lowest BCUT2D eigenvalue weighted by Gasteiger charge is -2.41. The first-order valence-electron chi connectivity index (χ1n) is 11.3. The van der Waals surface area contributed by atoms with E-state index in [2.05, 4.69) is 0 Å². The van der Waals surface area contributed by atoms with E-state index in [9.17, 15) is 34.2 Å². The van der Waals surface area contributed by atoms with E-state index in [0.717, 1.165) is 9.80 Å². The third kappa shape index (κ3) is 6.02. The van der Waals surface area contributed by atoms with Gasteiger partial charge in [0.2, 0.25) is 0 Å². The van der Waals surface area contributed by atoms with Gasteiger partial charge in [0.05, 0.1) is 36.9 Å². The minimum absolute atomic E-state index is 0.0193. The first-order chi connectivity index (χ1) is 16.5. The standard InChI is InChI=1S/C23H32N3O9/c1-5-17(27)13-34-19(29)15-9-8-10-16(11-15)20(30)35-14-18(28)12-25-21(31)24(4)22(32)26(6-2,7-3)23(25)33/h8-11,17-18,27-28H,5-7,12-14H2,1-4H3/q+1. The van der Waals surface area contributed by atoms with E-state index in [1.165, 1.54) is 31.3 Å². The number of β-amino-alcohol motifs (C(OH)–C–C–N with tert-alkyl or cyclic N) is 1. The van der Waals surface area contributed by atoms with Gasteiger partial charge < -0.3 is 19.7 Å². The maximum absolute atomic E-state index is 12.9. The van der Waals surface area contributed by atoms with Crippen LogP contribution in [0.5, 0.6) is 0 Å². The van der Waals surface area contributed by atoms with E-state index in [1.54, 1.807) is 20.8 Å². The summed E-state index contributed by atoms with van der Waals surface area (Å²) in [6, 6.07) is 3.26. The second kappa shape index (κ2) is 11.9. The number of rotatable bonds is 11. The van der Waals surface area contributed by atoms with Crippen LogP contribution in [0.25, 0.3) is 0 Å². The Hall–Kier alpha value is -3.35. The summed E-state index contributed by atoms with van der Waals surface area (Å²) < 4.78 is 9.47. The highest BCUT2D eigenvalue weighted by molar-refractivity contribution is 6.05. The van der Waals surface area contributed by atoms with E-state index in [4.69, 9.17) is 9.47 Å². The second-order valence-electron chi connectivity index (χ2n) is 8.11. The number of esters is 2. The summed E-state index contributed by atoms with van der Waals surface area (Å²) in [5.41, 5.74) is 0.0968. The minimum Gasteiger partial charge on any atom is -0.459 e. The van der Waals surface area contributed by atoms with Gasteiger partial charge in [-0.25, -0.2) is 33.8 Å². The molecule has 12 nitrogen and oxygen atoms in total. The molecule has 2 N–H and O–H groups in total. The van der Waals surface area contributed by atoms with Gasteiger partial charge in [0.15, 0.2) is 0 Å². The Bertz CT molecular complexity index is 977. The van der Waals surface area contributed by atoms with Crippen molar-refractivity contribution in [1.82, 2.24) is 9.80 Å². The molecule has 0 spiro atoms. The molecule has 35 heavy (non-hydrogen) atoms. The number of amides is 6. The number of urea groups is 3. The highest BCUT2D eigenvalue weighted by atomic mass is 16.5. The molecule has 1 aromatic carbocycles. The van der Waals surface area contributed by atoms with Gasteiger partial charge in [-0.15, -0.1) is 0 Å². The Morgan fingerprint density at radius 1 is 0.914 bits per heavy atom. The number of hydrogen-bond donors (Lipinski definition) is 2. The minimum atomic E-state index is -1.41. The van der Waals surface area contributed by atoms with Crippen LogP contribution in [0.1, 0.15) is 47.9 Å². The molecular weight excluding hydrogens is 462 g/mol. The number of imide groups is 3. The van der Waals surface area contributed by atoms with E-state index in [1.807, 2.05) is 0 Å². The fraction of sp³-hybridized carbons (Fsp3) is 0.522. The molecule has 0 saturated carbocycles. The predicted molar refractivity (Wildman–Crippen MR) is 121 cm³/mol. The molecule has 2 rings (SSSR count). The SMILES string of the molecule is CCC(O)COC(=O)c1cccc(C(=O)OCC(O)CN2C(=O)N(C)C(=O)[N+](CC)(CC)C2=O)c1. The highest BCUT2D eigenvalue weighted by Crippen LogP contribution is 2.23. The van der Waals surface area contributed by atoms with Crippen molar-refractivity contribution in [3.8, 4) is 0 Å². The number of quaternary nitrogens is 1. The normalized spacial score (nSPS) is 17.3. The van der Waals surface area contributed by atoms with Crippen LogP contribution in [0.15, 0.2) is 24.3 Å². The summed E-state index contributed by atoms with van der Waals surface area (Å²) in [4.78, 5) is 64.1. The maximum atomic E-state index is 12.9. The van der Waals surface area contributed by atoms with Crippen molar-refractivity contribution < 1.29 is 48.1 Å². The van der Waals surface area contributed by atoms with Crippen LogP contribution in [0.2, 0.25) is 0 Å². The Kier molecular flexibility index (Phi) is 9.46. The second-order valence-corrected chi connectivity index (χ2v) is 8.11. The molecule has 1 heterocycles. The quantitative estimate of drug-likeness (QED) is 0.345. The van der Waals surface area contributed by atoms with Gasteiger partial charge in [-0.2, -0.15) is 4.48 Å². The number of carbonyl (C=O) groups excluding carboxylic acids is 5. The third-order valence-corrected chi connectivity index (χ3v) is 5.86. The molecule has 6 amide bonds. The van der Waals surface area contributed by atoms with E-state index in [-0.39, 0.29) is 30.8 Å². The topological polar surface area (TPSA) is 151 Å². The van der Waals surface area contributed by atoms with Gasteiger partial charge in [-0.05, 0) is 38.5 Å². The molecule has 1 aliphatic heterocycles.